The Morgan fingerprint density at radius 3 is 2.60 bits per heavy atom. The smallest absolute Gasteiger partial charge is 0.234 e. The summed E-state index contributed by atoms with van der Waals surface area (Å²) in [6.45, 7) is 4.37. The van der Waals surface area contributed by atoms with E-state index in [9.17, 15) is 4.79 Å². The summed E-state index contributed by atoms with van der Waals surface area (Å²) < 4.78 is 1.78. The van der Waals surface area contributed by atoms with Crippen LogP contribution in [0.4, 0.5) is 5.69 Å². The number of hydrogen-bond donors (Lipinski definition) is 1. The van der Waals surface area contributed by atoms with Gasteiger partial charge in [0, 0.05) is 5.69 Å². The first-order valence-electron chi connectivity index (χ1n) is 9.92. The molecule has 0 radical (unpaired) electrons. The maximum absolute atomic E-state index is 12.4. The number of nitrogens with one attached hydrogen (secondary N) is 1. The standard InChI is InChI=1S/C23H23N5OS/c1-3-16(2)17-9-11-18(12-10-17)27-21(29)14-30-23-20-13-26-28(22(20)24-15-25-23)19-7-5-4-6-8-19/h4-13,15-16H,3,14H2,1-2H3,(H,27,29). The molecule has 1 unspecified atom stereocenters. The molecular weight excluding hydrogens is 394 g/mol. The number of rotatable bonds is 7. The molecule has 30 heavy (non-hydrogen) atoms. The predicted octanol–water partition coefficient (Wildman–Crippen LogP) is 5.06. The number of anilines is 1. The Morgan fingerprint density at radius 1 is 1.10 bits per heavy atom. The van der Waals surface area contributed by atoms with Crippen molar-refractivity contribution in [2.45, 2.75) is 31.2 Å². The van der Waals surface area contributed by atoms with E-state index in [1.807, 2.05) is 42.5 Å². The number of hydrogen-bond acceptors (Lipinski definition) is 5. The number of fused-ring (bicyclic) bond motifs is 1. The van der Waals surface area contributed by atoms with Gasteiger partial charge in [0.1, 0.15) is 11.4 Å². The van der Waals surface area contributed by atoms with E-state index in [1.165, 1.54) is 23.7 Å². The molecule has 1 amide bonds. The van der Waals surface area contributed by atoms with Crippen molar-refractivity contribution in [3.05, 3.63) is 72.7 Å². The summed E-state index contributed by atoms with van der Waals surface area (Å²) in [6, 6.07) is 17.9. The summed E-state index contributed by atoms with van der Waals surface area (Å²) in [7, 11) is 0. The molecule has 2 aromatic carbocycles. The monoisotopic (exact) mass is 417 g/mol. The summed E-state index contributed by atoms with van der Waals surface area (Å²) in [5, 5.41) is 8.97. The normalized spacial score (nSPS) is 12.1. The van der Waals surface area contributed by atoms with Gasteiger partial charge in [0.25, 0.3) is 0 Å². The Morgan fingerprint density at radius 2 is 1.87 bits per heavy atom. The molecule has 7 heteroatoms. The van der Waals surface area contributed by atoms with E-state index in [2.05, 4.69) is 46.4 Å². The van der Waals surface area contributed by atoms with Crippen molar-refractivity contribution in [2.75, 3.05) is 11.1 Å². The first-order chi connectivity index (χ1) is 14.7. The lowest BCUT2D eigenvalue weighted by molar-refractivity contribution is -0.113. The van der Waals surface area contributed by atoms with Crippen LogP contribution in [-0.4, -0.2) is 31.4 Å². The number of carbonyl (C=O) groups excluding carboxylic acids is 1. The van der Waals surface area contributed by atoms with Gasteiger partial charge in [-0.2, -0.15) is 5.10 Å². The lowest BCUT2D eigenvalue weighted by Gasteiger charge is -2.10. The predicted molar refractivity (Wildman–Crippen MR) is 121 cm³/mol. The zero-order valence-corrected chi connectivity index (χ0v) is 17.8. The summed E-state index contributed by atoms with van der Waals surface area (Å²) in [6.07, 6.45) is 4.35. The molecule has 6 nitrogen and oxygen atoms in total. The first kappa shape index (κ1) is 20.1. The van der Waals surface area contributed by atoms with Crippen molar-refractivity contribution in [3.8, 4) is 5.69 Å². The molecule has 0 aliphatic carbocycles. The zero-order valence-electron chi connectivity index (χ0n) is 16.9. The van der Waals surface area contributed by atoms with Crippen molar-refractivity contribution >= 4 is 34.4 Å². The van der Waals surface area contributed by atoms with Gasteiger partial charge in [0.2, 0.25) is 5.91 Å². The van der Waals surface area contributed by atoms with Gasteiger partial charge in [-0.3, -0.25) is 4.79 Å². The maximum Gasteiger partial charge on any atom is 0.234 e. The lowest BCUT2D eigenvalue weighted by atomic mass is 9.99. The highest BCUT2D eigenvalue weighted by atomic mass is 32.2. The average Bonchev–Trinajstić information content (AvgIpc) is 3.23. The third kappa shape index (κ3) is 4.36. The molecule has 0 bridgehead atoms. The molecule has 0 spiro atoms. The highest BCUT2D eigenvalue weighted by Gasteiger charge is 2.13. The van der Waals surface area contributed by atoms with Crippen molar-refractivity contribution in [1.82, 2.24) is 19.7 Å². The molecule has 1 N–H and O–H groups in total. The number of carbonyl (C=O) groups is 1. The summed E-state index contributed by atoms with van der Waals surface area (Å²) >= 11 is 1.38. The van der Waals surface area contributed by atoms with E-state index in [0.29, 0.717) is 5.92 Å². The van der Waals surface area contributed by atoms with Crippen LogP contribution < -0.4 is 5.32 Å². The first-order valence-corrected chi connectivity index (χ1v) is 10.9. The minimum atomic E-state index is -0.0708. The van der Waals surface area contributed by atoms with E-state index >= 15 is 0 Å². The second-order valence-electron chi connectivity index (χ2n) is 7.08. The molecule has 0 aliphatic rings. The fourth-order valence-electron chi connectivity index (χ4n) is 3.16. The molecule has 1 atom stereocenters. The van der Waals surface area contributed by atoms with Gasteiger partial charge in [0.05, 0.1) is 23.0 Å². The third-order valence-corrected chi connectivity index (χ3v) is 6.05. The number of aromatic nitrogens is 4. The summed E-state index contributed by atoms with van der Waals surface area (Å²) in [5.41, 5.74) is 3.74. The third-order valence-electron chi connectivity index (χ3n) is 5.05. The zero-order chi connectivity index (χ0) is 20.9. The quantitative estimate of drug-likeness (QED) is 0.336. The van der Waals surface area contributed by atoms with Crippen molar-refractivity contribution in [3.63, 3.8) is 0 Å². The van der Waals surface area contributed by atoms with E-state index in [0.717, 1.165) is 33.9 Å². The number of para-hydroxylation sites is 1. The molecule has 0 saturated heterocycles. The topological polar surface area (TPSA) is 72.7 Å². The van der Waals surface area contributed by atoms with Crippen LogP contribution in [-0.2, 0) is 4.79 Å². The molecule has 4 rings (SSSR count). The molecule has 0 saturated carbocycles. The Kier molecular flexibility index (Phi) is 6.09. The van der Waals surface area contributed by atoms with E-state index in [4.69, 9.17) is 0 Å². The lowest BCUT2D eigenvalue weighted by Crippen LogP contribution is -2.14. The number of thioether (sulfide) groups is 1. The molecule has 2 aromatic heterocycles. The van der Waals surface area contributed by atoms with Gasteiger partial charge in [-0.25, -0.2) is 14.6 Å². The van der Waals surface area contributed by atoms with Crippen LogP contribution >= 0.6 is 11.8 Å². The second-order valence-corrected chi connectivity index (χ2v) is 8.04. The Bertz CT molecular complexity index is 1140. The Balaban J connectivity index is 1.43. The van der Waals surface area contributed by atoms with Crippen molar-refractivity contribution < 1.29 is 4.79 Å². The minimum Gasteiger partial charge on any atom is -0.325 e. The van der Waals surface area contributed by atoms with Crippen LogP contribution in [0.5, 0.6) is 0 Å². The molecule has 0 fully saturated rings. The summed E-state index contributed by atoms with van der Waals surface area (Å²) in [5.74, 6) is 0.705. The van der Waals surface area contributed by atoms with Gasteiger partial charge in [-0.15, -0.1) is 0 Å². The molecule has 2 heterocycles. The Hall–Kier alpha value is -3.19. The second kappa shape index (κ2) is 9.09. The highest BCUT2D eigenvalue weighted by molar-refractivity contribution is 8.00. The van der Waals surface area contributed by atoms with E-state index in [1.54, 1.807) is 10.9 Å². The van der Waals surface area contributed by atoms with Crippen LogP contribution in [0.3, 0.4) is 0 Å². The van der Waals surface area contributed by atoms with Crippen molar-refractivity contribution in [1.29, 1.82) is 0 Å². The molecule has 0 aliphatic heterocycles. The number of benzene rings is 2. The van der Waals surface area contributed by atoms with E-state index in [-0.39, 0.29) is 11.7 Å². The van der Waals surface area contributed by atoms with Crippen LogP contribution in [0.15, 0.2) is 72.1 Å². The molecular formula is C23H23N5OS. The highest BCUT2D eigenvalue weighted by Crippen LogP contribution is 2.26. The van der Waals surface area contributed by atoms with Gasteiger partial charge >= 0.3 is 0 Å². The molecule has 4 aromatic rings. The fourth-order valence-corrected chi connectivity index (χ4v) is 3.92. The van der Waals surface area contributed by atoms with Gasteiger partial charge in [0.15, 0.2) is 5.65 Å². The summed E-state index contributed by atoms with van der Waals surface area (Å²) in [4.78, 5) is 21.2. The number of amides is 1. The average molecular weight is 418 g/mol. The van der Waals surface area contributed by atoms with Crippen LogP contribution in [0, 0.1) is 0 Å². The van der Waals surface area contributed by atoms with E-state index < -0.39 is 0 Å². The molecule has 152 valence electrons. The SMILES string of the molecule is CCC(C)c1ccc(NC(=O)CSc2ncnc3c2cnn3-c2ccccc2)cc1. The van der Waals surface area contributed by atoms with Crippen LogP contribution in [0.25, 0.3) is 16.7 Å². The van der Waals surface area contributed by atoms with Crippen molar-refractivity contribution in [2.24, 2.45) is 0 Å². The number of nitrogens with zero attached hydrogens (tertiary/aromatic N) is 4. The van der Waals surface area contributed by atoms with Crippen LogP contribution in [0.1, 0.15) is 31.7 Å². The Labute approximate surface area is 179 Å². The largest absolute Gasteiger partial charge is 0.325 e. The van der Waals surface area contributed by atoms with Gasteiger partial charge in [-0.1, -0.05) is 55.9 Å². The fraction of sp³-hybridized carbons (Fsp3) is 0.217. The van der Waals surface area contributed by atoms with Gasteiger partial charge in [-0.05, 0) is 42.2 Å². The van der Waals surface area contributed by atoms with Gasteiger partial charge < -0.3 is 5.32 Å². The minimum absolute atomic E-state index is 0.0708. The van der Waals surface area contributed by atoms with Crippen LogP contribution in [0.2, 0.25) is 0 Å². The maximum atomic E-state index is 12.4.